The molecule has 0 radical (unpaired) electrons. The first-order valence-electron chi connectivity index (χ1n) is 25.1. The lowest BCUT2D eigenvalue weighted by atomic mass is 10.1. The van der Waals surface area contributed by atoms with Crippen molar-refractivity contribution in [1.82, 2.24) is 0 Å². The molecule has 0 saturated heterocycles. The number of carbonyl (C=O) groups excluding carboxylic acids is 2. The number of hydrogen-bond acceptors (Lipinski definition) is 5. The van der Waals surface area contributed by atoms with Crippen LogP contribution < -0.4 is 0 Å². The van der Waals surface area contributed by atoms with E-state index in [9.17, 15) is 9.59 Å². The van der Waals surface area contributed by atoms with Crippen LogP contribution in [0.5, 0.6) is 0 Å². The molecule has 344 valence electrons. The first-order valence-corrected chi connectivity index (χ1v) is 25.1. The van der Waals surface area contributed by atoms with Crippen molar-refractivity contribution in [2.24, 2.45) is 0 Å². The second kappa shape index (κ2) is 50.4. The van der Waals surface area contributed by atoms with Crippen LogP contribution in [-0.2, 0) is 23.8 Å². The monoisotopic (exact) mass is 835 g/mol. The first-order chi connectivity index (χ1) is 29.6. The van der Waals surface area contributed by atoms with Gasteiger partial charge in [-0.05, 0) is 109 Å². The molecule has 0 spiro atoms. The number of rotatable bonds is 45. The molecule has 0 aliphatic heterocycles. The molecule has 0 aromatic rings. The maximum atomic E-state index is 12.8. The maximum Gasteiger partial charge on any atom is 0.306 e. The normalized spacial score (nSPS) is 12.9. The van der Waals surface area contributed by atoms with E-state index < -0.39 is 6.10 Å². The van der Waals surface area contributed by atoms with Crippen molar-refractivity contribution in [2.45, 2.75) is 232 Å². The van der Waals surface area contributed by atoms with Gasteiger partial charge in [0.15, 0.2) is 6.10 Å². The maximum absolute atomic E-state index is 12.8. The highest BCUT2D eigenvalue weighted by Gasteiger charge is 2.17. The summed E-state index contributed by atoms with van der Waals surface area (Å²) >= 11 is 0. The number of esters is 2. The fraction of sp³-hybridized carbons (Fsp3) is 0.709. The Kier molecular flexibility index (Phi) is 48.0. The molecule has 0 aliphatic rings. The van der Waals surface area contributed by atoms with Gasteiger partial charge in [0.25, 0.3) is 0 Å². The van der Waals surface area contributed by atoms with Gasteiger partial charge in [0, 0.05) is 19.4 Å². The summed E-state index contributed by atoms with van der Waals surface area (Å²) in [7, 11) is 0. The van der Waals surface area contributed by atoms with Crippen molar-refractivity contribution in [3.05, 3.63) is 85.1 Å². The highest BCUT2D eigenvalue weighted by Crippen LogP contribution is 2.13. The second-order valence-electron chi connectivity index (χ2n) is 16.3. The zero-order chi connectivity index (χ0) is 43.5. The van der Waals surface area contributed by atoms with Crippen LogP contribution in [0.15, 0.2) is 85.1 Å². The average Bonchev–Trinajstić information content (AvgIpc) is 3.25. The Morgan fingerprint density at radius 3 is 1.22 bits per heavy atom. The Bertz CT molecular complexity index is 1130. The highest BCUT2D eigenvalue weighted by atomic mass is 16.6. The number of hydrogen-bond donors (Lipinski definition) is 0. The predicted molar refractivity (Wildman–Crippen MR) is 260 cm³/mol. The van der Waals surface area contributed by atoms with Gasteiger partial charge in [0.05, 0.1) is 6.61 Å². The second-order valence-corrected chi connectivity index (χ2v) is 16.3. The molecule has 5 nitrogen and oxygen atoms in total. The molecular weight excluding hydrogens is 741 g/mol. The molecule has 1 unspecified atom stereocenters. The first kappa shape index (κ1) is 57.1. The molecule has 5 heteroatoms. The van der Waals surface area contributed by atoms with Crippen LogP contribution in [0.25, 0.3) is 0 Å². The van der Waals surface area contributed by atoms with Gasteiger partial charge in [-0.1, -0.05) is 189 Å². The van der Waals surface area contributed by atoms with Gasteiger partial charge in [-0.2, -0.15) is 0 Å². The van der Waals surface area contributed by atoms with Gasteiger partial charge in [-0.15, -0.1) is 0 Å². The number of ether oxygens (including phenoxy) is 3. The Morgan fingerprint density at radius 1 is 0.383 bits per heavy atom. The lowest BCUT2D eigenvalue weighted by Crippen LogP contribution is -2.30. The number of carbonyl (C=O) groups is 2. The van der Waals surface area contributed by atoms with Gasteiger partial charge < -0.3 is 14.2 Å². The Morgan fingerprint density at radius 2 is 0.750 bits per heavy atom. The van der Waals surface area contributed by atoms with Crippen molar-refractivity contribution < 1.29 is 23.8 Å². The molecule has 0 rings (SSSR count). The molecule has 0 aromatic carbocycles. The third kappa shape index (κ3) is 47.8. The van der Waals surface area contributed by atoms with E-state index in [1.807, 2.05) is 0 Å². The van der Waals surface area contributed by atoms with E-state index in [0.29, 0.717) is 19.4 Å². The predicted octanol–water partition coefficient (Wildman–Crippen LogP) is 16.9. The minimum atomic E-state index is -0.567. The molecule has 0 amide bonds. The van der Waals surface area contributed by atoms with Gasteiger partial charge in [0.2, 0.25) is 0 Å². The summed E-state index contributed by atoms with van der Waals surface area (Å²) in [5.74, 6) is -0.468. The summed E-state index contributed by atoms with van der Waals surface area (Å²) in [5, 5.41) is 0. The molecular formula is C55H94O5. The van der Waals surface area contributed by atoms with E-state index in [1.165, 1.54) is 89.9 Å². The molecule has 0 bridgehead atoms. The zero-order valence-corrected chi connectivity index (χ0v) is 39.5. The summed E-state index contributed by atoms with van der Waals surface area (Å²) in [6.07, 6.45) is 66.0. The summed E-state index contributed by atoms with van der Waals surface area (Å²) in [6, 6.07) is 0. The number of allylic oxidation sites excluding steroid dienone is 14. The van der Waals surface area contributed by atoms with Gasteiger partial charge >= 0.3 is 11.9 Å². The largest absolute Gasteiger partial charge is 0.462 e. The van der Waals surface area contributed by atoms with Crippen LogP contribution >= 0.6 is 0 Å². The van der Waals surface area contributed by atoms with Crippen LogP contribution in [0.3, 0.4) is 0 Å². The molecule has 0 fully saturated rings. The van der Waals surface area contributed by atoms with E-state index in [1.54, 1.807) is 0 Å². The summed E-state index contributed by atoms with van der Waals surface area (Å²) in [6.45, 7) is 7.53. The van der Waals surface area contributed by atoms with Crippen LogP contribution in [0.2, 0.25) is 0 Å². The molecule has 0 saturated carbocycles. The van der Waals surface area contributed by atoms with Crippen molar-refractivity contribution in [3.63, 3.8) is 0 Å². The fourth-order valence-corrected chi connectivity index (χ4v) is 6.71. The highest BCUT2D eigenvalue weighted by molar-refractivity contribution is 5.70. The minimum absolute atomic E-state index is 0.0537. The Hall–Kier alpha value is -2.92. The van der Waals surface area contributed by atoms with E-state index in [-0.39, 0.29) is 25.2 Å². The van der Waals surface area contributed by atoms with Crippen LogP contribution in [0.1, 0.15) is 226 Å². The van der Waals surface area contributed by atoms with Gasteiger partial charge in [0.1, 0.15) is 6.61 Å². The fourth-order valence-electron chi connectivity index (χ4n) is 6.71. The smallest absolute Gasteiger partial charge is 0.306 e. The van der Waals surface area contributed by atoms with Crippen molar-refractivity contribution in [1.29, 1.82) is 0 Å². The average molecular weight is 835 g/mol. The molecule has 0 aliphatic carbocycles. The Labute approximate surface area is 371 Å². The Balaban J connectivity index is 4.33. The van der Waals surface area contributed by atoms with Crippen molar-refractivity contribution in [3.8, 4) is 0 Å². The van der Waals surface area contributed by atoms with Crippen LogP contribution in [0.4, 0.5) is 0 Å². The molecule has 0 aromatic heterocycles. The zero-order valence-electron chi connectivity index (χ0n) is 39.5. The third-order valence-electron chi connectivity index (χ3n) is 10.4. The van der Waals surface area contributed by atoms with Crippen LogP contribution in [-0.4, -0.2) is 37.9 Å². The SMILES string of the molecule is CC/C=C\C/C=C\C/C=C\CCCCCC(=O)OCC(COCCCCCCCCCC/C=C\CCCCCCCC)OC(=O)CCCCC/C=C\C/C=C\C/C=C\CC. The summed E-state index contributed by atoms with van der Waals surface area (Å²) < 4.78 is 17.3. The lowest BCUT2D eigenvalue weighted by Gasteiger charge is -2.18. The summed E-state index contributed by atoms with van der Waals surface area (Å²) in [5.41, 5.74) is 0. The molecule has 60 heavy (non-hydrogen) atoms. The lowest BCUT2D eigenvalue weighted by molar-refractivity contribution is -0.163. The molecule has 0 heterocycles. The molecule has 1 atom stereocenters. The van der Waals surface area contributed by atoms with E-state index >= 15 is 0 Å². The minimum Gasteiger partial charge on any atom is -0.462 e. The standard InChI is InChI=1S/C55H94O5/c1-4-7-10-13-16-19-22-25-26-27-28-29-32-35-38-41-44-47-50-58-51-53(60-55(57)49-46-43-40-37-34-31-24-21-18-15-12-9-6-3)52-59-54(56)48-45-42-39-36-33-30-23-20-17-14-11-8-5-2/h8-9,11-12,17-18,20-21,25-26,30-31,33-34,53H,4-7,10,13-16,19,22-24,27-29,32,35-52H2,1-3H3/b11-8-,12-9-,20-17-,21-18-,26-25-,33-30-,34-31-. The van der Waals surface area contributed by atoms with Gasteiger partial charge in [-0.25, -0.2) is 0 Å². The van der Waals surface area contributed by atoms with Crippen LogP contribution in [0, 0.1) is 0 Å². The quantitative estimate of drug-likeness (QED) is 0.0347. The third-order valence-corrected chi connectivity index (χ3v) is 10.4. The molecule has 0 N–H and O–H groups in total. The van der Waals surface area contributed by atoms with E-state index in [4.69, 9.17) is 14.2 Å². The van der Waals surface area contributed by atoms with Crippen molar-refractivity contribution >= 4 is 11.9 Å². The number of unbranched alkanes of at least 4 members (excludes halogenated alkanes) is 20. The van der Waals surface area contributed by atoms with E-state index in [2.05, 4.69) is 106 Å². The van der Waals surface area contributed by atoms with Crippen molar-refractivity contribution in [2.75, 3.05) is 19.8 Å². The summed E-state index contributed by atoms with van der Waals surface area (Å²) in [4.78, 5) is 25.3. The van der Waals surface area contributed by atoms with E-state index in [0.717, 1.165) is 103 Å². The topological polar surface area (TPSA) is 61.8 Å². The van der Waals surface area contributed by atoms with Gasteiger partial charge in [-0.3, -0.25) is 9.59 Å².